The van der Waals surface area contributed by atoms with Gasteiger partial charge in [-0.1, -0.05) is 24.3 Å². The van der Waals surface area contributed by atoms with Gasteiger partial charge in [-0.25, -0.2) is 4.98 Å². The molecule has 1 atom stereocenters. The molecule has 0 bridgehead atoms. The van der Waals surface area contributed by atoms with Crippen molar-refractivity contribution >= 4 is 29.2 Å². The Morgan fingerprint density at radius 3 is 2.71 bits per heavy atom. The fourth-order valence-electron chi connectivity index (χ4n) is 4.23. The second kappa shape index (κ2) is 8.75. The van der Waals surface area contributed by atoms with E-state index < -0.39 is 17.9 Å². The molecule has 2 aromatic rings. The maximum Gasteiger partial charge on any atom is 0.267 e. The zero-order chi connectivity index (χ0) is 22.0. The van der Waals surface area contributed by atoms with E-state index in [0.29, 0.717) is 18.3 Å². The Morgan fingerprint density at radius 1 is 1.16 bits per heavy atom. The highest BCUT2D eigenvalue weighted by molar-refractivity contribution is 5.92. The number of rotatable bonds is 6. The molecule has 8 nitrogen and oxygen atoms in total. The van der Waals surface area contributed by atoms with Gasteiger partial charge in [-0.05, 0) is 61.3 Å². The van der Waals surface area contributed by atoms with Crippen LogP contribution >= 0.6 is 0 Å². The number of nitrogens with two attached hydrogens (primary N) is 2. The van der Waals surface area contributed by atoms with E-state index in [4.69, 9.17) is 11.5 Å². The third-order valence-electron chi connectivity index (χ3n) is 5.94. The maximum atomic E-state index is 11.8. The minimum atomic E-state index is -0.651. The van der Waals surface area contributed by atoms with Crippen molar-refractivity contribution in [3.05, 3.63) is 52.7 Å². The van der Waals surface area contributed by atoms with Gasteiger partial charge in [-0.3, -0.25) is 9.59 Å². The Hall–Kier alpha value is -3.42. The molecule has 0 spiro atoms. The van der Waals surface area contributed by atoms with Crippen molar-refractivity contribution in [2.24, 2.45) is 11.5 Å². The van der Waals surface area contributed by atoms with Crippen molar-refractivity contribution in [1.82, 2.24) is 9.97 Å². The second-order valence-electron chi connectivity index (χ2n) is 8.16. The van der Waals surface area contributed by atoms with Crippen LogP contribution in [0.2, 0.25) is 0 Å². The monoisotopic (exact) mass is 420 g/mol. The number of hydrogen-bond donors (Lipinski definition) is 3. The first-order chi connectivity index (χ1) is 14.9. The number of carbonyl (C=O) groups is 2. The highest BCUT2D eigenvalue weighted by Gasteiger charge is 2.24. The van der Waals surface area contributed by atoms with Gasteiger partial charge < -0.3 is 21.7 Å². The highest BCUT2D eigenvalue weighted by atomic mass is 16.1. The van der Waals surface area contributed by atoms with Crippen LogP contribution in [0, 0.1) is 0 Å². The number of amides is 2. The van der Waals surface area contributed by atoms with Crippen LogP contribution in [0.5, 0.6) is 0 Å². The van der Waals surface area contributed by atoms with E-state index in [1.54, 1.807) is 6.92 Å². The predicted octanol–water partition coefficient (Wildman–Crippen LogP) is 2.38. The maximum absolute atomic E-state index is 11.8. The normalized spacial score (nSPS) is 16.8. The third-order valence-corrected chi connectivity index (χ3v) is 5.94. The summed E-state index contributed by atoms with van der Waals surface area (Å²) in [5, 5.41) is 2.92. The molecule has 1 aliphatic carbocycles. The number of fused-ring (bicyclic) bond motifs is 1. The molecule has 0 unspecified atom stereocenters. The SMILES string of the molecule is C[C@H](Nc1cc(C(N)=O)nc(N2CCc3c(cccc3C3=CCCCC3)C2)n1)C(N)=O. The summed E-state index contributed by atoms with van der Waals surface area (Å²) >= 11 is 0. The molecule has 2 aliphatic rings. The van der Waals surface area contributed by atoms with Crippen molar-refractivity contribution in [2.75, 3.05) is 16.8 Å². The second-order valence-corrected chi connectivity index (χ2v) is 8.16. The van der Waals surface area contributed by atoms with Gasteiger partial charge in [-0.2, -0.15) is 4.98 Å². The number of nitrogens with zero attached hydrogens (tertiary/aromatic N) is 3. The summed E-state index contributed by atoms with van der Waals surface area (Å²) in [7, 11) is 0. The molecule has 2 heterocycles. The summed E-state index contributed by atoms with van der Waals surface area (Å²) in [4.78, 5) is 34.2. The van der Waals surface area contributed by atoms with Gasteiger partial charge >= 0.3 is 0 Å². The summed E-state index contributed by atoms with van der Waals surface area (Å²) in [6, 6.07) is 7.27. The van der Waals surface area contributed by atoms with Gasteiger partial charge in [0.25, 0.3) is 5.91 Å². The summed E-state index contributed by atoms with van der Waals surface area (Å²) in [6.45, 7) is 3.00. The Labute approximate surface area is 181 Å². The fourth-order valence-corrected chi connectivity index (χ4v) is 4.23. The fraction of sp³-hybridized carbons (Fsp3) is 0.391. The number of benzene rings is 1. The van der Waals surface area contributed by atoms with Gasteiger partial charge in [0.2, 0.25) is 11.9 Å². The number of primary amides is 2. The summed E-state index contributed by atoms with van der Waals surface area (Å²) < 4.78 is 0. The van der Waals surface area contributed by atoms with Crippen molar-refractivity contribution in [3.63, 3.8) is 0 Å². The van der Waals surface area contributed by atoms with Gasteiger partial charge in [0.1, 0.15) is 17.6 Å². The molecule has 1 aromatic carbocycles. The lowest BCUT2D eigenvalue weighted by Crippen LogP contribution is -2.35. The molecule has 4 rings (SSSR count). The first-order valence-corrected chi connectivity index (χ1v) is 10.7. The number of nitrogens with one attached hydrogen (secondary N) is 1. The largest absolute Gasteiger partial charge is 0.368 e. The smallest absolute Gasteiger partial charge is 0.267 e. The van der Waals surface area contributed by atoms with Crippen LogP contribution in [-0.2, 0) is 17.8 Å². The van der Waals surface area contributed by atoms with Crippen LogP contribution in [0.15, 0.2) is 30.3 Å². The molecule has 162 valence electrons. The van der Waals surface area contributed by atoms with E-state index in [-0.39, 0.29) is 5.69 Å². The summed E-state index contributed by atoms with van der Waals surface area (Å²) in [6.07, 6.45) is 8.05. The first kappa shape index (κ1) is 20.8. The van der Waals surface area contributed by atoms with E-state index in [2.05, 4.69) is 39.6 Å². The molecule has 0 saturated heterocycles. The molecule has 31 heavy (non-hydrogen) atoms. The van der Waals surface area contributed by atoms with Crippen LogP contribution in [0.1, 0.15) is 59.8 Å². The lowest BCUT2D eigenvalue weighted by Gasteiger charge is -2.31. The molecule has 2 amide bonds. The number of allylic oxidation sites excluding steroid dienone is 2. The van der Waals surface area contributed by atoms with Gasteiger partial charge in [0.15, 0.2) is 0 Å². The highest BCUT2D eigenvalue weighted by Crippen LogP contribution is 2.33. The van der Waals surface area contributed by atoms with Crippen LogP contribution in [0.3, 0.4) is 0 Å². The number of aromatic nitrogens is 2. The van der Waals surface area contributed by atoms with Crippen molar-refractivity contribution < 1.29 is 9.59 Å². The Kier molecular flexibility index (Phi) is 5.88. The number of anilines is 2. The molecular formula is C23H28N6O2. The standard InChI is InChI=1S/C23H28N6O2/c1-14(21(24)30)26-20-12-19(22(25)31)27-23(28-20)29-11-10-18-16(13-29)8-5-9-17(18)15-6-3-2-4-7-15/h5-6,8-9,12,14H,2-4,7,10-11,13H2,1H3,(H2,24,30)(H2,25,31)(H,26,27,28)/t14-/m0/s1. The number of hydrogen-bond acceptors (Lipinski definition) is 6. The Morgan fingerprint density at radius 2 is 2.00 bits per heavy atom. The van der Waals surface area contributed by atoms with Gasteiger partial charge in [0, 0.05) is 19.2 Å². The number of carbonyl (C=O) groups excluding carboxylic acids is 2. The summed E-state index contributed by atoms with van der Waals surface area (Å²) in [5.41, 5.74) is 16.4. The van der Waals surface area contributed by atoms with E-state index in [9.17, 15) is 9.59 Å². The first-order valence-electron chi connectivity index (χ1n) is 10.7. The van der Waals surface area contributed by atoms with Crippen molar-refractivity contribution in [1.29, 1.82) is 0 Å². The van der Waals surface area contributed by atoms with Crippen LogP contribution in [0.4, 0.5) is 11.8 Å². The lowest BCUT2D eigenvalue weighted by atomic mass is 9.86. The lowest BCUT2D eigenvalue weighted by molar-refractivity contribution is -0.118. The van der Waals surface area contributed by atoms with Crippen LogP contribution in [0.25, 0.3) is 5.57 Å². The van der Waals surface area contributed by atoms with E-state index in [1.165, 1.54) is 41.2 Å². The minimum Gasteiger partial charge on any atom is -0.368 e. The van der Waals surface area contributed by atoms with Crippen molar-refractivity contribution in [2.45, 2.75) is 51.6 Å². The predicted molar refractivity (Wildman–Crippen MR) is 120 cm³/mol. The van der Waals surface area contributed by atoms with Crippen LogP contribution < -0.4 is 21.7 Å². The van der Waals surface area contributed by atoms with Crippen LogP contribution in [-0.4, -0.2) is 34.4 Å². The zero-order valence-electron chi connectivity index (χ0n) is 17.7. The van der Waals surface area contributed by atoms with Gasteiger partial charge in [-0.15, -0.1) is 0 Å². The molecular weight excluding hydrogens is 392 g/mol. The Bertz CT molecular complexity index is 1050. The van der Waals surface area contributed by atoms with Gasteiger partial charge in [0.05, 0.1) is 0 Å². The molecule has 0 saturated carbocycles. The average molecular weight is 421 g/mol. The molecule has 1 aromatic heterocycles. The van der Waals surface area contributed by atoms with E-state index in [0.717, 1.165) is 25.8 Å². The topological polar surface area (TPSA) is 127 Å². The van der Waals surface area contributed by atoms with E-state index >= 15 is 0 Å². The zero-order valence-corrected chi connectivity index (χ0v) is 17.7. The molecule has 1 aliphatic heterocycles. The third kappa shape index (κ3) is 4.52. The molecule has 8 heteroatoms. The summed E-state index contributed by atoms with van der Waals surface area (Å²) in [5.74, 6) is -0.417. The average Bonchev–Trinajstić information content (AvgIpc) is 2.78. The van der Waals surface area contributed by atoms with Crippen molar-refractivity contribution in [3.8, 4) is 0 Å². The quantitative estimate of drug-likeness (QED) is 0.658. The Balaban J connectivity index is 1.63. The minimum absolute atomic E-state index is 0.0936. The molecule has 0 fully saturated rings. The molecule has 0 radical (unpaired) electrons. The molecule has 5 N–H and O–H groups in total. The van der Waals surface area contributed by atoms with E-state index in [1.807, 2.05) is 4.90 Å².